The van der Waals surface area contributed by atoms with Crippen LogP contribution in [0.2, 0.25) is 0 Å². The number of nitrogens with one attached hydrogen (secondary N) is 1. The highest BCUT2D eigenvalue weighted by atomic mass is 16.2. The molecule has 1 saturated carbocycles. The molecule has 0 aromatic heterocycles. The van der Waals surface area contributed by atoms with Crippen LogP contribution in [-0.4, -0.2) is 84.3 Å². The molecule has 0 bridgehead atoms. The third-order valence-electron chi connectivity index (χ3n) is 6.03. The van der Waals surface area contributed by atoms with Gasteiger partial charge in [-0.15, -0.1) is 0 Å². The predicted octanol–water partition coefficient (Wildman–Crippen LogP) is -0.332. The molecule has 7 nitrogen and oxygen atoms in total. The Morgan fingerprint density at radius 2 is 1.20 bits per heavy atom. The average Bonchev–Trinajstić information content (AvgIpc) is 3.14. The van der Waals surface area contributed by atoms with E-state index in [0.717, 1.165) is 38.8 Å². The molecule has 1 N–H and O–H groups in total. The van der Waals surface area contributed by atoms with Crippen molar-refractivity contribution in [1.82, 2.24) is 20.0 Å². The lowest BCUT2D eigenvalue weighted by Gasteiger charge is -2.36. The molecule has 3 saturated heterocycles. The molecule has 0 aromatic rings. The summed E-state index contributed by atoms with van der Waals surface area (Å²) in [6.45, 7) is 4.84. The van der Waals surface area contributed by atoms with Crippen LogP contribution in [-0.2, 0) is 14.4 Å². The van der Waals surface area contributed by atoms with Gasteiger partial charge in [-0.05, 0) is 32.1 Å². The van der Waals surface area contributed by atoms with Crippen LogP contribution in [0, 0.1) is 11.8 Å². The first kappa shape index (κ1) is 16.8. The first-order valence-electron chi connectivity index (χ1n) is 9.73. The molecular formula is C18H28N4O3. The second-order valence-electron chi connectivity index (χ2n) is 7.85. The van der Waals surface area contributed by atoms with Crippen molar-refractivity contribution in [2.24, 2.45) is 11.8 Å². The minimum absolute atomic E-state index is 0.109. The van der Waals surface area contributed by atoms with Crippen LogP contribution in [0.3, 0.4) is 0 Å². The van der Waals surface area contributed by atoms with E-state index in [0.29, 0.717) is 39.1 Å². The zero-order valence-corrected chi connectivity index (χ0v) is 14.8. The molecule has 2 atom stereocenters. The zero-order chi connectivity index (χ0) is 17.4. The van der Waals surface area contributed by atoms with E-state index in [1.54, 1.807) is 0 Å². The number of rotatable bonds is 3. The minimum atomic E-state index is -0.204. The Morgan fingerprint density at radius 1 is 0.680 bits per heavy atom. The van der Waals surface area contributed by atoms with Crippen molar-refractivity contribution in [3.05, 3.63) is 0 Å². The second-order valence-corrected chi connectivity index (χ2v) is 7.85. The van der Waals surface area contributed by atoms with Crippen molar-refractivity contribution in [2.45, 2.75) is 38.1 Å². The fourth-order valence-electron chi connectivity index (χ4n) is 4.26. The third-order valence-corrected chi connectivity index (χ3v) is 6.03. The van der Waals surface area contributed by atoms with Crippen molar-refractivity contribution in [3.63, 3.8) is 0 Å². The van der Waals surface area contributed by atoms with Crippen LogP contribution in [0.4, 0.5) is 0 Å². The Kier molecular flexibility index (Phi) is 4.67. The fraction of sp³-hybridized carbons (Fsp3) is 0.833. The molecule has 3 heterocycles. The number of hydrogen-bond donors (Lipinski definition) is 1. The largest absolute Gasteiger partial charge is 0.341 e. The van der Waals surface area contributed by atoms with Gasteiger partial charge in [-0.3, -0.25) is 14.4 Å². The van der Waals surface area contributed by atoms with E-state index < -0.39 is 0 Å². The molecule has 4 aliphatic rings. The molecule has 3 aliphatic heterocycles. The Balaban J connectivity index is 1.26. The standard InChI is InChI=1S/C18H28N4O3/c23-16(13-3-4-13)21-7-9-22(10-8-21)17(24)14-11-15(19-12-14)18(25)20-5-1-2-6-20/h13-15,19H,1-12H2/t14-,15-/m0/s1. The van der Waals surface area contributed by atoms with E-state index in [9.17, 15) is 14.4 Å². The van der Waals surface area contributed by atoms with Crippen LogP contribution in [0.5, 0.6) is 0 Å². The predicted molar refractivity (Wildman–Crippen MR) is 91.6 cm³/mol. The number of piperazine rings is 1. The number of hydrogen-bond acceptors (Lipinski definition) is 4. The topological polar surface area (TPSA) is 73.0 Å². The van der Waals surface area contributed by atoms with Gasteiger partial charge in [0.15, 0.2) is 0 Å². The van der Waals surface area contributed by atoms with Gasteiger partial charge in [0.2, 0.25) is 17.7 Å². The number of likely N-dealkylation sites (tertiary alicyclic amines) is 1. The summed E-state index contributed by atoms with van der Waals surface area (Å²) in [5.74, 6) is 0.710. The van der Waals surface area contributed by atoms with Crippen molar-refractivity contribution in [3.8, 4) is 0 Å². The van der Waals surface area contributed by atoms with Gasteiger partial charge in [-0.25, -0.2) is 0 Å². The van der Waals surface area contributed by atoms with Gasteiger partial charge in [0, 0.05) is 51.7 Å². The first-order valence-corrected chi connectivity index (χ1v) is 9.73. The molecule has 25 heavy (non-hydrogen) atoms. The summed E-state index contributed by atoms with van der Waals surface area (Å²) in [6.07, 6.45) is 4.83. The molecular weight excluding hydrogens is 320 g/mol. The quantitative estimate of drug-likeness (QED) is 0.758. The van der Waals surface area contributed by atoms with E-state index in [1.807, 2.05) is 14.7 Å². The van der Waals surface area contributed by atoms with Crippen LogP contribution < -0.4 is 5.32 Å². The first-order chi connectivity index (χ1) is 12.1. The van der Waals surface area contributed by atoms with Crippen LogP contribution in [0.15, 0.2) is 0 Å². The van der Waals surface area contributed by atoms with Gasteiger partial charge in [0.05, 0.1) is 12.0 Å². The lowest BCUT2D eigenvalue weighted by atomic mass is 10.0. The highest BCUT2D eigenvalue weighted by molar-refractivity contribution is 5.86. The molecule has 1 aliphatic carbocycles. The van der Waals surface area contributed by atoms with Crippen LogP contribution in [0.25, 0.3) is 0 Å². The van der Waals surface area contributed by atoms with E-state index in [-0.39, 0.29) is 35.6 Å². The summed E-state index contributed by atoms with van der Waals surface area (Å²) in [7, 11) is 0. The zero-order valence-electron chi connectivity index (χ0n) is 14.8. The molecule has 0 aromatic carbocycles. The van der Waals surface area contributed by atoms with Crippen molar-refractivity contribution >= 4 is 17.7 Å². The summed E-state index contributed by atoms with van der Waals surface area (Å²) >= 11 is 0. The normalized spacial score (nSPS) is 30.0. The van der Waals surface area contributed by atoms with Gasteiger partial charge < -0.3 is 20.0 Å². The average molecular weight is 348 g/mol. The van der Waals surface area contributed by atoms with Gasteiger partial charge in [-0.2, -0.15) is 0 Å². The maximum atomic E-state index is 12.8. The molecule has 0 spiro atoms. The maximum absolute atomic E-state index is 12.8. The smallest absolute Gasteiger partial charge is 0.239 e. The van der Waals surface area contributed by atoms with Crippen molar-refractivity contribution < 1.29 is 14.4 Å². The molecule has 4 rings (SSSR count). The molecule has 4 fully saturated rings. The summed E-state index contributed by atoms with van der Waals surface area (Å²) in [5.41, 5.74) is 0. The lowest BCUT2D eigenvalue weighted by molar-refractivity contribution is -0.142. The van der Waals surface area contributed by atoms with Crippen LogP contribution >= 0.6 is 0 Å². The van der Waals surface area contributed by atoms with Gasteiger partial charge in [0.25, 0.3) is 0 Å². The maximum Gasteiger partial charge on any atom is 0.239 e. The number of amides is 3. The summed E-state index contributed by atoms with van der Waals surface area (Å²) in [4.78, 5) is 43.1. The Bertz CT molecular complexity index is 549. The van der Waals surface area contributed by atoms with E-state index in [4.69, 9.17) is 0 Å². The molecule has 138 valence electrons. The third kappa shape index (κ3) is 3.52. The van der Waals surface area contributed by atoms with Crippen molar-refractivity contribution in [2.75, 3.05) is 45.8 Å². The lowest BCUT2D eigenvalue weighted by Crippen LogP contribution is -2.52. The number of carbonyl (C=O) groups excluding carboxylic acids is 3. The Labute approximate surface area is 148 Å². The highest BCUT2D eigenvalue weighted by Gasteiger charge is 2.39. The van der Waals surface area contributed by atoms with Gasteiger partial charge >= 0.3 is 0 Å². The second kappa shape index (κ2) is 6.94. The Morgan fingerprint density at radius 3 is 1.76 bits per heavy atom. The van der Waals surface area contributed by atoms with Gasteiger partial charge in [0.1, 0.15) is 0 Å². The number of nitrogens with zero attached hydrogens (tertiary/aromatic N) is 3. The summed E-state index contributed by atoms with van der Waals surface area (Å²) in [5, 5.41) is 3.25. The number of carbonyl (C=O) groups is 3. The SMILES string of the molecule is O=C(C1CC1)N1CCN(C(=O)[C@@H]2CN[C@H](C(=O)N3CCCC3)C2)CC1. The molecule has 0 radical (unpaired) electrons. The van der Waals surface area contributed by atoms with Gasteiger partial charge in [-0.1, -0.05) is 0 Å². The fourth-order valence-corrected chi connectivity index (χ4v) is 4.26. The summed E-state index contributed by atoms with van der Waals surface area (Å²) in [6, 6.07) is -0.204. The minimum Gasteiger partial charge on any atom is -0.341 e. The van der Waals surface area contributed by atoms with Crippen molar-refractivity contribution in [1.29, 1.82) is 0 Å². The van der Waals surface area contributed by atoms with E-state index >= 15 is 0 Å². The van der Waals surface area contributed by atoms with E-state index in [2.05, 4.69) is 5.32 Å². The molecule has 0 unspecified atom stereocenters. The molecule has 3 amide bonds. The monoisotopic (exact) mass is 348 g/mol. The van der Waals surface area contributed by atoms with E-state index in [1.165, 1.54) is 0 Å². The molecule has 7 heteroatoms. The summed E-state index contributed by atoms with van der Waals surface area (Å²) < 4.78 is 0. The van der Waals surface area contributed by atoms with Crippen LogP contribution in [0.1, 0.15) is 32.1 Å². The Hall–Kier alpha value is -1.63. The highest BCUT2D eigenvalue weighted by Crippen LogP contribution is 2.31.